The highest BCUT2D eigenvalue weighted by Crippen LogP contribution is 2.31. The molecule has 232 valence electrons. The number of carbonyl (C=O) groups is 1. The number of ether oxygens (including phenoxy) is 2. The lowest BCUT2D eigenvalue weighted by Gasteiger charge is -2.40. The molecule has 12 nitrogen and oxygen atoms in total. The van der Waals surface area contributed by atoms with Gasteiger partial charge in [-0.05, 0) is 50.9 Å². The number of anilines is 1. The van der Waals surface area contributed by atoms with Crippen molar-refractivity contribution in [2.24, 2.45) is 0 Å². The minimum absolute atomic E-state index is 0.0871. The summed E-state index contributed by atoms with van der Waals surface area (Å²) >= 11 is 0. The summed E-state index contributed by atoms with van der Waals surface area (Å²) in [5.74, 6) is 1.27. The van der Waals surface area contributed by atoms with Crippen molar-refractivity contribution in [3.05, 3.63) is 65.2 Å². The fraction of sp³-hybridized carbons (Fsp3) is 0.394. The van der Waals surface area contributed by atoms with Crippen LogP contribution in [0.5, 0.6) is 11.8 Å². The van der Waals surface area contributed by atoms with Crippen LogP contribution in [-0.2, 0) is 4.79 Å². The smallest absolute Gasteiger partial charge is 0.319 e. The van der Waals surface area contributed by atoms with Gasteiger partial charge in [0.2, 0.25) is 5.91 Å². The van der Waals surface area contributed by atoms with Crippen LogP contribution < -0.4 is 19.9 Å². The number of benzene rings is 2. The first kappa shape index (κ1) is 30.0. The molecule has 45 heavy (non-hydrogen) atoms. The molecule has 0 saturated carbocycles. The van der Waals surface area contributed by atoms with Gasteiger partial charge in [0.25, 0.3) is 5.56 Å². The molecule has 2 fully saturated rings. The van der Waals surface area contributed by atoms with Crippen LogP contribution in [0.3, 0.4) is 0 Å². The maximum Gasteiger partial charge on any atom is 0.319 e. The highest BCUT2D eigenvalue weighted by molar-refractivity contribution is 5.93. The van der Waals surface area contributed by atoms with Gasteiger partial charge >= 0.3 is 6.01 Å². The molecule has 2 atom stereocenters. The lowest BCUT2D eigenvalue weighted by molar-refractivity contribution is -0.128. The summed E-state index contributed by atoms with van der Waals surface area (Å²) in [7, 11) is 3.66. The molecule has 4 heterocycles. The normalized spacial score (nSPS) is 18.7. The molecular weight excluding hydrogens is 572 g/mol. The van der Waals surface area contributed by atoms with E-state index in [4.69, 9.17) is 19.4 Å². The first-order valence-corrected chi connectivity index (χ1v) is 15.1. The number of carbonyl (C=O) groups excluding carboxylic acids is 1. The van der Waals surface area contributed by atoms with Gasteiger partial charge in [-0.3, -0.25) is 14.2 Å². The van der Waals surface area contributed by atoms with E-state index in [0.717, 1.165) is 30.2 Å². The molecule has 2 saturated heterocycles. The number of hydrogen-bond acceptors (Lipinski definition) is 10. The molecule has 6 rings (SSSR count). The molecule has 2 aliphatic rings. The van der Waals surface area contributed by atoms with Crippen LogP contribution in [0.15, 0.2) is 53.8 Å². The van der Waals surface area contributed by atoms with Gasteiger partial charge in [0.05, 0.1) is 31.3 Å². The fourth-order valence-corrected chi connectivity index (χ4v) is 6.37. The SMILES string of the molecule is C=CC(=O)N1CCN(c2nc(OCC3CCCN3C)nc3c(=O)n(-c4cc(OC)cc5ccccc45)c(C)nc23)C[C@@H]1CC#N. The second-order valence-corrected chi connectivity index (χ2v) is 11.5. The summed E-state index contributed by atoms with van der Waals surface area (Å²) in [6, 6.07) is 13.6. The number of piperazine rings is 1. The fourth-order valence-electron chi connectivity index (χ4n) is 6.37. The molecule has 1 amide bonds. The Morgan fingerprint density at radius 2 is 1.96 bits per heavy atom. The number of likely N-dealkylation sites (tertiary alicyclic amines) is 1. The second kappa shape index (κ2) is 12.5. The molecule has 0 N–H and O–H groups in total. The third kappa shape index (κ3) is 5.67. The molecular formula is C33H36N8O4. The first-order chi connectivity index (χ1) is 21.8. The topological polar surface area (TPSA) is 130 Å². The quantitative estimate of drug-likeness (QED) is 0.275. The Balaban J connectivity index is 1.51. The van der Waals surface area contributed by atoms with Gasteiger partial charge in [0.1, 0.15) is 23.7 Å². The third-order valence-corrected chi connectivity index (χ3v) is 8.78. The average molecular weight is 609 g/mol. The van der Waals surface area contributed by atoms with Crippen molar-refractivity contribution >= 4 is 33.5 Å². The van der Waals surface area contributed by atoms with Gasteiger partial charge in [-0.25, -0.2) is 4.98 Å². The first-order valence-electron chi connectivity index (χ1n) is 15.1. The summed E-state index contributed by atoms with van der Waals surface area (Å²) in [4.78, 5) is 47.2. The van der Waals surface area contributed by atoms with Gasteiger partial charge < -0.3 is 24.2 Å². The lowest BCUT2D eigenvalue weighted by Crippen LogP contribution is -2.55. The van der Waals surface area contributed by atoms with Crippen LogP contribution in [0.4, 0.5) is 5.82 Å². The highest BCUT2D eigenvalue weighted by atomic mass is 16.5. The van der Waals surface area contributed by atoms with Crippen molar-refractivity contribution in [1.29, 1.82) is 5.26 Å². The zero-order valence-electron chi connectivity index (χ0n) is 25.8. The van der Waals surface area contributed by atoms with Crippen LogP contribution in [-0.4, -0.2) is 94.3 Å². The number of methoxy groups -OCH3 is 1. The van der Waals surface area contributed by atoms with Crippen molar-refractivity contribution < 1.29 is 14.3 Å². The van der Waals surface area contributed by atoms with Crippen LogP contribution in [0.1, 0.15) is 25.1 Å². The zero-order valence-corrected chi connectivity index (χ0v) is 25.8. The van der Waals surface area contributed by atoms with Crippen LogP contribution in [0.2, 0.25) is 0 Å². The van der Waals surface area contributed by atoms with Crippen molar-refractivity contribution in [1.82, 2.24) is 29.3 Å². The Labute approximate surface area is 261 Å². The Morgan fingerprint density at radius 3 is 2.69 bits per heavy atom. The number of fused-ring (bicyclic) bond motifs is 2. The van der Waals surface area contributed by atoms with Gasteiger partial charge in [0, 0.05) is 37.1 Å². The number of likely N-dealkylation sites (N-methyl/N-ethyl adjacent to an activating group) is 1. The summed E-state index contributed by atoms with van der Waals surface area (Å²) in [5.41, 5.74) is 0.721. The second-order valence-electron chi connectivity index (χ2n) is 11.5. The summed E-state index contributed by atoms with van der Waals surface area (Å²) in [6.45, 7) is 7.88. The zero-order chi connectivity index (χ0) is 31.7. The van der Waals surface area contributed by atoms with Crippen LogP contribution >= 0.6 is 0 Å². The third-order valence-electron chi connectivity index (χ3n) is 8.78. The minimum atomic E-state index is -0.389. The Kier molecular flexibility index (Phi) is 8.36. The maximum atomic E-state index is 14.4. The number of aromatic nitrogens is 4. The molecule has 2 aromatic carbocycles. The summed E-state index contributed by atoms with van der Waals surface area (Å²) in [5, 5.41) is 11.3. The predicted octanol–water partition coefficient (Wildman–Crippen LogP) is 3.24. The van der Waals surface area contributed by atoms with Crippen molar-refractivity contribution in [2.75, 3.05) is 51.8 Å². The molecule has 0 radical (unpaired) electrons. The maximum absolute atomic E-state index is 14.4. The monoisotopic (exact) mass is 608 g/mol. The predicted molar refractivity (Wildman–Crippen MR) is 171 cm³/mol. The van der Waals surface area contributed by atoms with E-state index >= 15 is 0 Å². The molecule has 0 bridgehead atoms. The summed E-state index contributed by atoms with van der Waals surface area (Å²) < 4.78 is 13.3. The summed E-state index contributed by atoms with van der Waals surface area (Å²) in [6.07, 6.45) is 3.49. The largest absolute Gasteiger partial charge is 0.497 e. The number of hydrogen-bond donors (Lipinski definition) is 0. The molecule has 1 unspecified atom stereocenters. The van der Waals surface area contributed by atoms with Crippen molar-refractivity contribution in [2.45, 2.75) is 38.3 Å². The average Bonchev–Trinajstić information content (AvgIpc) is 3.47. The van der Waals surface area contributed by atoms with E-state index in [1.165, 1.54) is 6.08 Å². The Morgan fingerprint density at radius 1 is 1.13 bits per heavy atom. The standard InChI is InChI=1S/C33H36N8O4/c1-5-28(42)40-16-15-39(19-23(40)12-13-34)31-29-30(36-33(37-31)45-20-24-10-8-14-38(24)3)32(43)41(21(2)35-29)27-18-25(44-4)17-22-9-6-7-11-26(22)27/h5-7,9,11,17-18,23-24H,1,8,10,12,14-16,19-20H2,2-4H3/t23-,24?/m0/s1. The van der Waals surface area contributed by atoms with Crippen LogP contribution in [0, 0.1) is 18.3 Å². The van der Waals surface area contributed by atoms with Crippen LogP contribution in [0.25, 0.3) is 27.5 Å². The minimum Gasteiger partial charge on any atom is -0.497 e. The number of nitrogens with zero attached hydrogens (tertiary/aromatic N) is 8. The van der Waals surface area contributed by atoms with E-state index in [-0.39, 0.29) is 41.5 Å². The molecule has 0 aliphatic carbocycles. The van der Waals surface area contributed by atoms with E-state index in [0.29, 0.717) is 54.8 Å². The number of nitriles is 1. The van der Waals surface area contributed by atoms with Gasteiger partial charge in [-0.1, -0.05) is 30.8 Å². The van der Waals surface area contributed by atoms with Crippen molar-refractivity contribution in [3.8, 4) is 23.5 Å². The highest BCUT2D eigenvalue weighted by Gasteiger charge is 2.32. The van der Waals surface area contributed by atoms with Gasteiger partial charge in [-0.2, -0.15) is 15.2 Å². The Hall–Kier alpha value is -5.02. The van der Waals surface area contributed by atoms with Gasteiger partial charge in [0.15, 0.2) is 11.3 Å². The van der Waals surface area contributed by atoms with E-state index < -0.39 is 0 Å². The Bertz CT molecular complexity index is 1880. The molecule has 0 spiro atoms. The molecule has 2 aromatic heterocycles. The number of aryl methyl sites for hydroxylation is 1. The van der Waals surface area contributed by atoms with E-state index in [1.54, 1.807) is 23.5 Å². The molecule has 4 aromatic rings. The molecule has 2 aliphatic heterocycles. The lowest BCUT2D eigenvalue weighted by atomic mass is 10.1. The van der Waals surface area contributed by atoms with Gasteiger partial charge in [-0.15, -0.1) is 0 Å². The number of rotatable bonds is 8. The van der Waals surface area contributed by atoms with Crippen molar-refractivity contribution in [3.63, 3.8) is 0 Å². The van der Waals surface area contributed by atoms with E-state index in [2.05, 4.69) is 29.6 Å². The molecule has 12 heteroatoms. The number of amides is 1. The van der Waals surface area contributed by atoms with E-state index in [1.807, 2.05) is 41.3 Å². The van der Waals surface area contributed by atoms with E-state index in [9.17, 15) is 14.9 Å².